The minimum absolute atomic E-state index is 0.751. The van der Waals surface area contributed by atoms with Gasteiger partial charge < -0.3 is 10.6 Å². The molecule has 6 nitrogen and oxygen atoms in total. The second-order valence-corrected chi connectivity index (χ2v) is 3.51. The van der Waals surface area contributed by atoms with Crippen LogP contribution in [0, 0.1) is 13.8 Å². The van der Waals surface area contributed by atoms with Gasteiger partial charge >= 0.3 is 0 Å². The first-order valence-electron chi connectivity index (χ1n) is 4.99. The highest BCUT2D eigenvalue weighted by Crippen LogP contribution is 2.20. The second-order valence-electron chi connectivity index (χ2n) is 3.51. The molecule has 2 rings (SSSR count). The highest BCUT2D eigenvalue weighted by Gasteiger charge is 2.06. The SMILES string of the molecule is CNc1ncnc(Nc2cc(C)[nH]n2)c1C. The predicted molar refractivity (Wildman–Crippen MR) is 62.9 cm³/mol. The summed E-state index contributed by atoms with van der Waals surface area (Å²) >= 11 is 0. The van der Waals surface area contributed by atoms with E-state index in [1.807, 2.05) is 27.0 Å². The topological polar surface area (TPSA) is 78.5 Å². The van der Waals surface area contributed by atoms with Gasteiger partial charge in [-0.15, -0.1) is 0 Å². The molecule has 6 heteroatoms. The summed E-state index contributed by atoms with van der Waals surface area (Å²) in [6, 6.07) is 1.92. The lowest BCUT2D eigenvalue weighted by Gasteiger charge is -2.08. The van der Waals surface area contributed by atoms with E-state index in [0.717, 1.165) is 28.7 Å². The Morgan fingerprint density at radius 2 is 1.94 bits per heavy atom. The van der Waals surface area contributed by atoms with Crippen LogP contribution < -0.4 is 10.6 Å². The van der Waals surface area contributed by atoms with Crippen molar-refractivity contribution in [1.82, 2.24) is 20.2 Å². The zero-order valence-corrected chi connectivity index (χ0v) is 9.50. The van der Waals surface area contributed by atoms with Crippen molar-refractivity contribution in [3.05, 3.63) is 23.7 Å². The van der Waals surface area contributed by atoms with Crippen LogP contribution in [0.25, 0.3) is 0 Å². The van der Waals surface area contributed by atoms with Gasteiger partial charge in [-0.2, -0.15) is 5.10 Å². The Kier molecular flexibility index (Phi) is 2.72. The standard InChI is InChI=1S/C10H14N6/c1-6-4-8(16-15-6)14-10-7(2)9(11-3)12-5-13-10/h4-5H,1-3H3,(H3,11,12,13,14,15,16). The van der Waals surface area contributed by atoms with Crippen LogP contribution in [0.15, 0.2) is 12.4 Å². The molecule has 0 aliphatic rings. The highest BCUT2D eigenvalue weighted by molar-refractivity contribution is 5.62. The molecule has 0 atom stereocenters. The van der Waals surface area contributed by atoms with Crippen LogP contribution >= 0.6 is 0 Å². The van der Waals surface area contributed by atoms with Gasteiger partial charge in [0.15, 0.2) is 5.82 Å². The van der Waals surface area contributed by atoms with Crippen LogP contribution in [0.2, 0.25) is 0 Å². The third-order valence-electron chi connectivity index (χ3n) is 2.27. The van der Waals surface area contributed by atoms with Crippen LogP contribution in [0.5, 0.6) is 0 Å². The molecule has 2 aromatic heterocycles. The van der Waals surface area contributed by atoms with Crippen molar-refractivity contribution in [2.75, 3.05) is 17.7 Å². The van der Waals surface area contributed by atoms with Crippen LogP contribution in [0.1, 0.15) is 11.3 Å². The molecule has 0 amide bonds. The van der Waals surface area contributed by atoms with E-state index in [1.165, 1.54) is 6.33 Å². The third-order valence-corrected chi connectivity index (χ3v) is 2.27. The largest absolute Gasteiger partial charge is 0.373 e. The maximum absolute atomic E-state index is 4.18. The van der Waals surface area contributed by atoms with E-state index in [-0.39, 0.29) is 0 Å². The second kappa shape index (κ2) is 4.18. The molecule has 0 spiro atoms. The number of aromatic nitrogens is 4. The summed E-state index contributed by atoms with van der Waals surface area (Å²) in [5.74, 6) is 2.32. The van der Waals surface area contributed by atoms with E-state index in [0.29, 0.717) is 0 Å². The van der Waals surface area contributed by atoms with Crippen LogP contribution in [0.3, 0.4) is 0 Å². The zero-order valence-electron chi connectivity index (χ0n) is 9.50. The van der Waals surface area contributed by atoms with Crippen LogP contribution in [0.4, 0.5) is 17.5 Å². The smallest absolute Gasteiger partial charge is 0.153 e. The molecule has 84 valence electrons. The third kappa shape index (κ3) is 1.95. The number of nitrogens with zero attached hydrogens (tertiary/aromatic N) is 3. The lowest BCUT2D eigenvalue weighted by molar-refractivity contribution is 1.04. The van der Waals surface area contributed by atoms with Crippen molar-refractivity contribution in [2.45, 2.75) is 13.8 Å². The minimum atomic E-state index is 0.751. The zero-order chi connectivity index (χ0) is 11.5. The average molecular weight is 218 g/mol. The van der Waals surface area contributed by atoms with Gasteiger partial charge in [0.1, 0.15) is 18.0 Å². The summed E-state index contributed by atoms with van der Waals surface area (Å²) in [4.78, 5) is 8.29. The van der Waals surface area contributed by atoms with Crippen molar-refractivity contribution in [3.8, 4) is 0 Å². The molecule has 0 saturated carbocycles. The Labute approximate surface area is 93.5 Å². The van der Waals surface area contributed by atoms with Gasteiger partial charge in [0.2, 0.25) is 0 Å². The van der Waals surface area contributed by atoms with Crippen LogP contribution in [-0.2, 0) is 0 Å². The minimum Gasteiger partial charge on any atom is -0.373 e. The molecule has 2 heterocycles. The fraction of sp³-hybridized carbons (Fsp3) is 0.300. The van der Waals surface area contributed by atoms with Gasteiger partial charge in [-0.1, -0.05) is 0 Å². The Balaban J connectivity index is 2.28. The number of rotatable bonds is 3. The fourth-order valence-electron chi connectivity index (χ4n) is 1.43. The van der Waals surface area contributed by atoms with Gasteiger partial charge in [0, 0.05) is 24.4 Å². The summed E-state index contributed by atoms with van der Waals surface area (Å²) in [6.45, 7) is 3.90. The molecule has 3 N–H and O–H groups in total. The van der Waals surface area contributed by atoms with Crippen molar-refractivity contribution >= 4 is 17.5 Å². The maximum Gasteiger partial charge on any atom is 0.153 e. The van der Waals surface area contributed by atoms with E-state index in [2.05, 4.69) is 30.8 Å². The van der Waals surface area contributed by atoms with Crippen LogP contribution in [-0.4, -0.2) is 27.2 Å². The van der Waals surface area contributed by atoms with Gasteiger partial charge in [0.25, 0.3) is 0 Å². The lowest BCUT2D eigenvalue weighted by atomic mass is 10.3. The first-order chi connectivity index (χ1) is 7.70. The van der Waals surface area contributed by atoms with Crippen molar-refractivity contribution in [1.29, 1.82) is 0 Å². The molecule has 0 bridgehead atoms. The predicted octanol–water partition coefficient (Wildman–Crippen LogP) is 1.60. The molecule has 0 aliphatic carbocycles. The molecule has 0 aliphatic heterocycles. The number of nitrogens with one attached hydrogen (secondary N) is 3. The normalized spacial score (nSPS) is 10.2. The van der Waals surface area contributed by atoms with Gasteiger partial charge in [-0.05, 0) is 13.8 Å². The monoisotopic (exact) mass is 218 g/mol. The summed E-state index contributed by atoms with van der Waals surface area (Å²) in [5.41, 5.74) is 1.97. The first-order valence-corrected chi connectivity index (χ1v) is 4.99. The number of aryl methyl sites for hydroxylation is 1. The van der Waals surface area contributed by atoms with Gasteiger partial charge in [-0.3, -0.25) is 5.10 Å². The van der Waals surface area contributed by atoms with E-state index in [9.17, 15) is 0 Å². The molecular weight excluding hydrogens is 204 g/mol. The van der Waals surface area contributed by atoms with E-state index < -0.39 is 0 Å². The molecule has 0 unspecified atom stereocenters. The maximum atomic E-state index is 4.18. The van der Waals surface area contributed by atoms with E-state index >= 15 is 0 Å². The average Bonchev–Trinajstić information content (AvgIpc) is 2.67. The molecule has 0 saturated heterocycles. The highest BCUT2D eigenvalue weighted by atomic mass is 15.2. The molecule has 16 heavy (non-hydrogen) atoms. The number of hydrogen-bond donors (Lipinski definition) is 3. The van der Waals surface area contributed by atoms with Gasteiger partial charge in [0.05, 0.1) is 0 Å². The number of anilines is 3. The summed E-state index contributed by atoms with van der Waals surface area (Å²) < 4.78 is 0. The molecule has 0 fully saturated rings. The first kappa shape index (κ1) is 10.4. The van der Waals surface area contributed by atoms with E-state index in [4.69, 9.17) is 0 Å². The van der Waals surface area contributed by atoms with E-state index in [1.54, 1.807) is 0 Å². The summed E-state index contributed by atoms with van der Waals surface area (Å²) in [5, 5.41) is 13.1. The molecule has 0 radical (unpaired) electrons. The Bertz CT molecular complexity index is 490. The van der Waals surface area contributed by atoms with Gasteiger partial charge in [-0.25, -0.2) is 9.97 Å². The summed E-state index contributed by atoms with van der Waals surface area (Å²) in [7, 11) is 1.83. The lowest BCUT2D eigenvalue weighted by Crippen LogP contribution is -2.02. The molecular formula is C10H14N6. The Hall–Kier alpha value is -2.11. The number of H-pyrrole nitrogens is 1. The summed E-state index contributed by atoms with van der Waals surface area (Å²) in [6.07, 6.45) is 1.51. The van der Waals surface area contributed by atoms with Crippen molar-refractivity contribution < 1.29 is 0 Å². The number of aromatic amines is 1. The van der Waals surface area contributed by atoms with Crippen molar-refractivity contribution in [2.24, 2.45) is 0 Å². The molecule has 2 aromatic rings. The quantitative estimate of drug-likeness (QED) is 0.729. The molecule has 0 aromatic carbocycles. The van der Waals surface area contributed by atoms with Crippen molar-refractivity contribution in [3.63, 3.8) is 0 Å². The Morgan fingerprint density at radius 1 is 1.19 bits per heavy atom. The number of hydrogen-bond acceptors (Lipinski definition) is 5. The fourth-order valence-corrected chi connectivity index (χ4v) is 1.43. The Morgan fingerprint density at radius 3 is 2.56 bits per heavy atom.